The molecule has 0 radical (unpaired) electrons. The molecule has 3 rings (SSSR count). The molecule has 1 atom stereocenters. The zero-order chi connectivity index (χ0) is 23.0. The molecule has 0 spiro atoms. The lowest BCUT2D eigenvalue weighted by molar-refractivity contribution is -0.123. The average molecular weight is 463 g/mol. The van der Waals surface area contributed by atoms with E-state index in [4.69, 9.17) is 4.74 Å². The number of hydrogen-bond acceptors (Lipinski definition) is 4. The van der Waals surface area contributed by atoms with Gasteiger partial charge in [0.05, 0.1) is 7.11 Å². The standard InChI is InChI=1S/C24H31FN2O4S/c1-31-22-15-14-19(25)17-23(22)32(29,30)27-21(16-18-10-6-5-7-11-18)24(28)26-20-12-8-3-2-4-9-13-20/h5-7,10-11,14-15,17,20-21,27H,2-4,8-9,12-13,16H2,1H3,(H,26,28). The third-order valence-electron chi connectivity index (χ3n) is 5.76. The molecule has 174 valence electrons. The molecule has 8 heteroatoms. The molecule has 1 saturated carbocycles. The summed E-state index contributed by atoms with van der Waals surface area (Å²) >= 11 is 0. The minimum absolute atomic E-state index is 0.0118. The number of halogens is 1. The van der Waals surface area contributed by atoms with Gasteiger partial charge in [0.25, 0.3) is 0 Å². The second kappa shape index (κ2) is 11.4. The largest absolute Gasteiger partial charge is 0.495 e. The van der Waals surface area contributed by atoms with E-state index in [1.54, 1.807) is 0 Å². The van der Waals surface area contributed by atoms with E-state index in [1.807, 2.05) is 30.3 Å². The molecule has 2 N–H and O–H groups in total. The van der Waals surface area contributed by atoms with Gasteiger partial charge in [-0.3, -0.25) is 4.79 Å². The molecule has 1 unspecified atom stereocenters. The minimum atomic E-state index is -4.22. The fourth-order valence-electron chi connectivity index (χ4n) is 4.05. The van der Waals surface area contributed by atoms with Crippen LogP contribution < -0.4 is 14.8 Å². The number of carbonyl (C=O) groups excluding carboxylic acids is 1. The lowest BCUT2D eigenvalue weighted by Crippen LogP contribution is -2.50. The minimum Gasteiger partial charge on any atom is -0.495 e. The number of benzene rings is 2. The van der Waals surface area contributed by atoms with Gasteiger partial charge < -0.3 is 10.1 Å². The zero-order valence-corrected chi connectivity index (χ0v) is 19.2. The molecule has 1 amide bonds. The molecule has 0 aliphatic heterocycles. The van der Waals surface area contributed by atoms with Crippen LogP contribution >= 0.6 is 0 Å². The molecule has 32 heavy (non-hydrogen) atoms. The van der Waals surface area contributed by atoms with Crippen molar-refractivity contribution in [2.75, 3.05) is 7.11 Å². The van der Waals surface area contributed by atoms with E-state index in [1.165, 1.54) is 19.6 Å². The number of amides is 1. The Bertz CT molecular complexity index is 990. The van der Waals surface area contributed by atoms with Crippen molar-refractivity contribution < 1.29 is 22.3 Å². The molecule has 1 aliphatic rings. The summed E-state index contributed by atoms with van der Waals surface area (Å²) in [5.74, 6) is -1.07. The first-order chi connectivity index (χ1) is 15.4. The Balaban J connectivity index is 1.83. The van der Waals surface area contributed by atoms with Crippen LogP contribution in [0, 0.1) is 5.82 Å². The number of ether oxygens (including phenoxy) is 1. The lowest BCUT2D eigenvalue weighted by Gasteiger charge is -2.25. The molecule has 1 aliphatic carbocycles. The average Bonchev–Trinajstić information content (AvgIpc) is 2.75. The van der Waals surface area contributed by atoms with Crippen molar-refractivity contribution in [3.63, 3.8) is 0 Å². The Labute approximate surface area is 189 Å². The summed E-state index contributed by atoms with van der Waals surface area (Å²) in [6, 6.07) is 11.5. The molecule has 0 aromatic heterocycles. The Kier molecular flexibility index (Phi) is 8.64. The third-order valence-corrected chi connectivity index (χ3v) is 7.26. The maximum atomic E-state index is 13.8. The van der Waals surface area contributed by atoms with E-state index in [-0.39, 0.29) is 29.0 Å². The van der Waals surface area contributed by atoms with E-state index < -0.39 is 21.9 Å². The number of methoxy groups -OCH3 is 1. The van der Waals surface area contributed by atoms with Crippen LogP contribution in [0.15, 0.2) is 53.4 Å². The maximum Gasteiger partial charge on any atom is 0.245 e. The Morgan fingerprint density at radius 1 is 1.06 bits per heavy atom. The van der Waals surface area contributed by atoms with Crippen LogP contribution in [-0.4, -0.2) is 33.5 Å². The van der Waals surface area contributed by atoms with Crippen molar-refractivity contribution in [3.05, 3.63) is 59.9 Å². The van der Waals surface area contributed by atoms with Crippen molar-refractivity contribution in [2.45, 2.75) is 68.3 Å². The molecule has 0 bridgehead atoms. The van der Waals surface area contributed by atoms with Gasteiger partial charge in [0.2, 0.25) is 15.9 Å². The van der Waals surface area contributed by atoms with Crippen molar-refractivity contribution in [3.8, 4) is 5.75 Å². The summed E-state index contributed by atoms with van der Waals surface area (Å²) in [5, 5.41) is 3.05. The highest BCUT2D eigenvalue weighted by Crippen LogP contribution is 2.25. The summed E-state index contributed by atoms with van der Waals surface area (Å²) in [6.07, 6.45) is 7.53. The number of carbonyl (C=O) groups is 1. The lowest BCUT2D eigenvalue weighted by atomic mass is 9.96. The van der Waals surface area contributed by atoms with Crippen molar-refractivity contribution in [1.29, 1.82) is 0 Å². The SMILES string of the molecule is COc1ccc(F)cc1S(=O)(=O)NC(Cc1ccccc1)C(=O)NC1CCCCCCC1. The molecular weight excluding hydrogens is 431 g/mol. The van der Waals surface area contributed by atoms with Gasteiger partial charge in [-0.05, 0) is 43.0 Å². The van der Waals surface area contributed by atoms with E-state index in [0.29, 0.717) is 0 Å². The fraction of sp³-hybridized carbons (Fsp3) is 0.458. The zero-order valence-electron chi connectivity index (χ0n) is 18.3. The van der Waals surface area contributed by atoms with E-state index in [2.05, 4.69) is 10.0 Å². The first-order valence-corrected chi connectivity index (χ1v) is 12.6. The Morgan fingerprint density at radius 3 is 2.38 bits per heavy atom. The topological polar surface area (TPSA) is 84.5 Å². The Morgan fingerprint density at radius 2 is 1.72 bits per heavy atom. The smallest absolute Gasteiger partial charge is 0.245 e. The highest BCUT2D eigenvalue weighted by atomic mass is 32.2. The first-order valence-electron chi connectivity index (χ1n) is 11.1. The van der Waals surface area contributed by atoms with Gasteiger partial charge in [-0.15, -0.1) is 0 Å². The summed E-state index contributed by atoms with van der Waals surface area (Å²) < 4.78 is 47.7. The van der Waals surface area contributed by atoms with Crippen LogP contribution in [0.5, 0.6) is 5.75 Å². The van der Waals surface area contributed by atoms with E-state index >= 15 is 0 Å². The fourth-order valence-corrected chi connectivity index (χ4v) is 5.43. The second-order valence-corrected chi connectivity index (χ2v) is 9.89. The van der Waals surface area contributed by atoms with Crippen LogP contribution in [0.4, 0.5) is 4.39 Å². The number of hydrogen-bond donors (Lipinski definition) is 2. The summed E-state index contributed by atoms with van der Waals surface area (Å²) in [4.78, 5) is 12.9. The maximum absolute atomic E-state index is 13.8. The molecule has 2 aromatic carbocycles. The van der Waals surface area contributed by atoms with Gasteiger partial charge >= 0.3 is 0 Å². The summed E-state index contributed by atoms with van der Waals surface area (Å²) in [6.45, 7) is 0. The van der Waals surface area contributed by atoms with Gasteiger partial charge in [-0.1, -0.05) is 62.4 Å². The molecule has 0 saturated heterocycles. The summed E-state index contributed by atoms with van der Waals surface area (Å²) in [7, 11) is -2.91. The number of rotatable bonds is 8. The number of nitrogens with one attached hydrogen (secondary N) is 2. The number of sulfonamides is 1. The quantitative estimate of drug-likeness (QED) is 0.622. The van der Waals surface area contributed by atoms with Crippen molar-refractivity contribution in [2.24, 2.45) is 0 Å². The highest BCUT2D eigenvalue weighted by molar-refractivity contribution is 7.89. The molecule has 0 heterocycles. The van der Waals surface area contributed by atoms with Gasteiger partial charge in [-0.25, -0.2) is 12.8 Å². The first kappa shape index (κ1) is 24.2. The van der Waals surface area contributed by atoms with Gasteiger partial charge in [0.1, 0.15) is 22.5 Å². The van der Waals surface area contributed by atoms with Crippen LogP contribution in [-0.2, 0) is 21.2 Å². The normalized spacial score (nSPS) is 16.6. The van der Waals surface area contributed by atoms with Crippen LogP contribution in [0.2, 0.25) is 0 Å². The van der Waals surface area contributed by atoms with Gasteiger partial charge in [0.15, 0.2) is 0 Å². The summed E-state index contributed by atoms with van der Waals surface area (Å²) in [5.41, 5.74) is 0.819. The second-order valence-electron chi connectivity index (χ2n) is 8.21. The monoisotopic (exact) mass is 462 g/mol. The third kappa shape index (κ3) is 6.77. The van der Waals surface area contributed by atoms with Crippen molar-refractivity contribution in [1.82, 2.24) is 10.0 Å². The van der Waals surface area contributed by atoms with Crippen molar-refractivity contribution >= 4 is 15.9 Å². The highest BCUT2D eigenvalue weighted by Gasteiger charge is 2.29. The molecule has 1 fully saturated rings. The molecule has 6 nitrogen and oxygen atoms in total. The molecular formula is C24H31FN2O4S. The van der Waals surface area contributed by atoms with Gasteiger partial charge in [-0.2, -0.15) is 4.72 Å². The van der Waals surface area contributed by atoms with Gasteiger partial charge in [0, 0.05) is 6.04 Å². The molecule has 2 aromatic rings. The van der Waals surface area contributed by atoms with Crippen LogP contribution in [0.25, 0.3) is 0 Å². The Hall–Kier alpha value is -2.45. The van der Waals surface area contributed by atoms with E-state index in [9.17, 15) is 17.6 Å². The predicted molar refractivity (Wildman–Crippen MR) is 121 cm³/mol. The van der Waals surface area contributed by atoms with Crippen LogP contribution in [0.3, 0.4) is 0 Å². The van der Waals surface area contributed by atoms with E-state index in [0.717, 1.165) is 56.2 Å². The predicted octanol–water partition coefficient (Wildman–Crippen LogP) is 3.95. The van der Waals surface area contributed by atoms with Crippen LogP contribution in [0.1, 0.15) is 50.5 Å².